The average Bonchev–Trinajstić information content (AvgIpc) is 1.97. The van der Waals surface area contributed by atoms with Gasteiger partial charge in [0.2, 0.25) is 0 Å². The first-order valence-corrected chi connectivity index (χ1v) is 3.64. The molecule has 0 bridgehead atoms. The number of anilines is 1. The summed E-state index contributed by atoms with van der Waals surface area (Å²) in [5, 5.41) is 10.4. The van der Waals surface area contributed by atoms with E-state index in [-0.39, 0.29) is 5.69 Å². The lowest BCUT2D eigenvalue weighted by atomic mass is 10.3. The molecular weight excluding hydrogens is 211 g/mol. The van der Waals surface area contributed by atoms with Crippen molar-refractivity contribution in [1.82, 2.24) is 0 Å². The zero-order valence-electron chi connectivity index (χ0n) is 5.44. The summed E-state index contributed by atoms with van der Waals surface area (Å²) in [4.78, 5) is 0. The minimum Gasteiger partial charge on any atom is -0.289 e. The molecule has 0 aliphatic carbocycles. The van der Waals surface area contributed by atoms with Gasteiger partial charge in [-0.15, -0.1) is 0 Å². The van der Waals surface area contributed by atoms with Crippen molar-refractivity contribution in [3.05, 3.63) is 28.5 Å². The molecule has 2 nitrogen and oxygen atoms in total. The topological polar surface area (TPSA) is 35.8 Å². The van der Waals surface area contributed by atoms with Gasteiger partial charge in [0.15, 0.2) is 6.19 Å². The first-order valence-electron chi connectivity index (χ1n) is 2.85. The van der Waals surface area contributed by atoms with E-state index in [1.807, 2.05) is 0 Å². The van der Waals surface area contributed by atoms with E-state index in [1.165, 1.54) is 6.07 Å². The van der Waals surface area contributed by atoms with Gasteiger partial charge in [-0.25, -0.2) is 4.39 Å². The minimum atomic E-state index is -0.444. The van der Waals surface area contributed by atoms with E-state index in [2.05, 4.69) is 21.2 Å². The van der Waals surface area contributed by atoms with Crippen LogP contribution in [0.1, 0.15) is 0 Å². The largest absolute Gasteiger partial charge is 0.289 e. The first-order chi connectivity index (χ1) is 5.25. The summed E-state index contributed by atoms with van der Waals surface area (Å²) in [6, 6.07) is 4.50. The Kier molecular flexibility index (Phi) is 2.44. The number of rotatable bonds is 1. The van der Waals surface area contributed by atoms with Crippen LogP contribution in [0.5, 0.6) is 0 Å². The van der Waals surface area contributed by atoms with Crippen molar-refractivity contribution in [2.75, 3.05) is 5.32 Å². The zero-order chi connectivity index (χ0) is 8.27. The maximum absolute atomic E-state index is 12.8. The second-order valence-electron chi connectivity index (χ2n) is 1.83. The Hall–Kier alpha value is -1.08. The van der Waals surface area contributed by atoms with Crippen LogP contribution in [0.2, 0.25) is 0 Å². The van der Waals surface area contributed by atoms with E-state index >= 15 is 0 Å². The van der Waals surface area contributed by atoms with Gasteiger partial charge >= 0.3 is 0 Å². The third kappa shape index (κ3) is 1.69. The third-order valence-electron chi connectivity index (χ3n) is 1.14. The standard InChI is InChI=1S/C7H4BrFN2/c8-5-2-1-3-6(9)7(5)11-4-10/h1-3,11H. The molecule has 0 saturated heterocycles. The number of hydrogen-bond acceptors (Lipinski definition) is 2. The van der Waals surface area contributed by atoms with Crippen LogP contribution in [0.4, 0.5) is 10.1 Å². The SMILES string of the molecule is N#CNc1c(F)cccc1Br. The molecule has 0 amide bonds. The average molecular weight is 215 g/mol. The van der Waals surface area contributed by atoms with Crippen molar-refractivity contribution in [2.45, 2.75) is 0 Å². The highest BCUT2D eigenvalue weighted by Crippen LogP contribution is 2.24. The minimum absolute atomic E-state index is 0.176. The molecule has 0 heterocycles. The van der Waals surface area contributed by atoms with Gasteiger partial charge < -0.3 is 0 Å². The van der Waals surface area contributed by atoms with Gasteiger partial charge in [-0.1, -0.05) is 6.07 Å². The molecule has 0 saturated carbocycles. The Labute approximate surface area is 71.8 Å². The fourth-order valence-corrected chi connectivity index (χ4v) is 1.11. The molecule has 0 fully saturated rings. The molecule has 0 aliphatic heterocycles. The lowest BCUT2D eigenvalue weighted by Crippen LogP contribution is -1.92. The van der Waals surface area contributed by atoms with Crippen LogP contribution in [0.3, 0.4) is 0 Å². The summed E-state index contributed by atoms with van der Waals surface area (Å²) in [7, 11) is 0. The van der Waals surface area contributed by atoms with E-state index < -0.39 is 5.82 Å². The molecular formula is C7H4BrFN2. The number of nitriles is 1. The van der Waals surface area contributed by atoms with E-state index in [9.17, 15) is 4.39 Å². The molecule has 1 rings (SSSR count). The predicted octanol–water partition coefficient (Wildman–Crippen LogP) is 2.48. The summed E-state index contributed by atoms with van der Waals surface area (Å²) in [6.45, 7) is 0. The van der Waals surface area contributed by atoms with Gasteiger partial charge in [0, 0.05) is 4.47 Å². The second-order valence-corrected chi connectivity index (χ2v) is 2.69. The monoisotopic (exact) mass is 214 g/mol. The van der Waals surface area contributed by atoms with Crippen LogP contribution >= 0.6 is 15.9 Å². The van der Waals surface area contributed by atoms with Crippen LogP contribution in [-0.4, -0.2) is 0 Å². The van der Waals surface area contributed by atoms with Crippen molar-refractivity contribution in [3.8, 4) is 6.19 Å². The van der Waals surface area contributed by atoms with E-state index in [0.29, 0.717) is 4.47 Å². The number of nitrogens with one attached hydrogen (secondary N) is 1. The fourth-order valence-electron chi connectivity index (χ4n) is 0.673. The molecule has 1 aromatic carbocycles. The molecule has 11 heavy (non-hydrogen) atoms. The first kappa shape index (κ1) is 8.02. The Morgan fingerprint density at radius 2 is 2.27 bits per heavy atom. The number of para-hydroxylation sites is 1. The smallest absolute Gasteiger partial charge is 0.181 e. The Bertz CT molecular complexity index is 286. The fraction of sp³-hybridized carbons (Fsp3) is 0. The summed E-state index contributed by atoms with van der Waals surface area (Å²) in [5.74, 6) is -0.444. The van der Waals surface area contributed by atoms with Crippen molar-refractivity contribution in [3.63, 3.8) is 0 Å². The molecule has 0 spiro atoms. The Balaban J connectivity index is 3.12. The molecule has 4 heteroatoms. The molecule has 0 radical (unpaired) electrons. The van der Waals surface area contributed by atoms with Gasteiger partial charge in [-0.2, -0.15) is 5.26 Å². The highest BCUT2D eigenvalue weighted by Gasteiger charge is 2.03. The Morgan fingerprint density at radius 1 is 1.55 bits per heavy atom. The van der Waals surface area contributed by atoms with E-state index in [1.54, 1.807) is 18.3 Å². The molecule has 1 aromatic rings. The van der Waals surface area contributed by atoms with Gasteiger partial charge in [-0.05, 0) is 28.1 Å². The van der Waals surface area contributed by atoms with Crippen LogP contribution in [0.15, 0.2) is 22.7 Å². The quantitative estimate of drug-likeness (QED) is 0.576. The van der Waals surface area contributed by atoms with Crippen molar-refractivity contribution in [1.29, 1.82) is 5.26 Å². The van der Waals surface area contributed by atoms with E-state index in [4.69, 9.17) is 5.26 Å². The molecule has 0 aliphatic rings. The number of benzene rings is 1. The molecule has 0 unspecified atom stereocenters. The summed E-state index contributed by atoms with van der Waals surface area (Å²) >= 11 is 3.09. The van der Waals surface area contributed by atoms with Gasteiger partial charge in [0.1, 0.15) is 5.82 Å². The molecule has 56 valence electrons. The van der Waals surface area contributed by atoms with Gasteiger partial charge in [-0.3, -0.25) is 5.32 Å². The van der Waals surface area contributed by atoms with E-state index in [0.717, 1.165) is 0 Å². The van der Waals surface area contributed by atoms with Crippen molar-refractivity contribution < 1.29 is 4.39 Å². The predicted molar refractivity (Wildman–Crippen MR) is 43.3 cm³/mol. The summed E-state index contributed by atoms with van der Waals surface area (Å²) in [5.41, 5.74) is 0.176. The highest BCUT2D eigenvalue weighted by molar-refractivity contribution is 9.10. The summed E-state index contributed by atoms with van der Waals surface area (Å²) < 4.78 is 13.3. The third-order valence-corrected chi connectivity index (χ3v) is 1.80. The summed E-state index contributed by atoms with van der Waals surface area (Å²) in [6.07, 6.45) is 1.65. The molecule has 0 aromatic heterocycles. The maximum atomic E-state index is 12.8. The second kappa shape index (κ2) is 3.35. The number of hydrogen-bond donors (Lipinski definition) is 1. The molecule has 0 atom stereocenters. The molecule has 1 N–H and O–H groups in total. The van der Waals surface area contributed by atoms with Crippen LogP contribution in [0, 0.1) is 17.3 Å². The maximum Gasteiger partial charge on any atom is 0.181 e. The number of halogens is 2. The van der Waals surface area contributed by atoms with Crippen molar-refractivity contribution in [2.24, 2.45) is 0 Å². The van der Waals surface area contributed by atoms with Crippen LogP contribution in [0.25, 0.3) is 0 Å². The lowest BCUT2D eigenvalue weighted by molar-refractivity contribution is 0.631. The highest BCUT2D eigenvalue weighted by atomic mass is 79.9. The van der Waals surface area contributed by atoms with Crippen LogP contribution in [-0.2, 0) is 0 Å². The van der Waals surface area contributed by atoms with Gasteiger partial charge in [0.05, 0.1) is 5.69 Å². The lowest BCUT2D eigenvalue weighted by Gasteiger charge is -2.00. The zero-order valence-corrected chi connectivity index (χ0v) is 7.02. The normalized spacial score (nSPS) is 8.82. The number of nitrogens with zero attached hydrogens (tertiary/aromatic N) is 1. The van der Waals surface area contributed by atoms with Crippen molar-refractivity contribution >= 4 is 21.6 Å². The van der Waals surface area contributed by atoms with Crippen LogP contribution < -0.4 is 5.32 Å². The Morgan fingerprint density at radius 3 is 2.82 bits per heavy atom. The van der Waals surface area contributed by atoms with Gasteiger partial charge in [0.25, 0.3) is 0 Å².